The summed E-state index contributed by atoms with van der Waals surface area (Å²) in [6.07, 6.45) is 0.934. The number of anilines is 1. The Labute approximate surface area is 113 Å². The molecule has 1 aromatic carbocycles. The van der Waals surface area contributed by atoms with Crippen molar-refractivity contribution in [2.75, 3.05) is 11.9 Å². The third-order valence-corrected chi connectivity index (χ3v) is 4.64. The van der Waals surface area contributed by atoms with Gasteiger partial charge in [0.25, 0.3) is 0 Å². The van der Waals surface area contributed by atoms with Crippen LogP contribution in [0.4, 0.5) is 5.69 Å². The summed E-state index contributed by atoms with van der Waals surface area (Å²) in [4.78, 5) is 12.8. The number of amides is 1. The van der Waals surface area contributed by atoms with E-state index in [4.69, 9.17) is 5.73 Å². The maximum absolute atomic E-state index is 11.7. The fraction of sp³-hybridized carbons (Fsp3) is 0.500. The highest BCUT2D eigenvalue weighted by Crippen LogP contribution is 2.38. The van der Waals surface area contributed by atoms with Crippen molar-refractivity contribution in [1.82, 2.24) is 0 Å². The van der Waals surface area contributed by atoms with Crippen LogP contribution in [0, 0.1) is 0 Å². The second kappa shape index (κ2) is 4.94. The van der Waals surface area contributed by atoms with E-state index < -0.39 is 0 Å². The minimum Gasteiger partial charge on any atom is -0.330 e. The molecule has 4 heteroatoms. The van der Waals surface area contributed by atoms with E-state index in [0.717, 1.165) is 17.0 Å². The molecule has 0 bridgehead atoms. The summed E-state index contributed by atoms with van der Waals surface area (Å²) in [6, 6.07) is 6.33. The zero-order valence-corrected chi connectivity index (χ0v) is 11.9. The van der Waals surface area contributed by atoms with Crippen LogP contribution in [0.25, 0.3) is 0 Å². The Bertz CT molecular complexity index is 471. The molecule has 1 aromatic rings. The normalized spacial score (nSPS) is 19.3. The summed E-state index contributed by atoms with van der Waals surface area (Å²) < 4.78 is 0. The lowest BCUT2D eigenvalue weighted by molar-refractivity contribution is -0.115. The molecule has 0 fully saturated rings. The highest BCUT2D eigenvalue weighted by molar-refractivity contribution is 8.00. The predicted molar refractivity (Wildman–Crippen MR) is 77.1 cm³/mol. The number of thioether (sulfide) groups is 1. The van der Waals surface area contributed by atoms with E-state index >= 15 is 0 Å². The summed E-state index contributed by atoms with van der Waals surface area (Å²) in [7, 11) is 0. The zero-order chi connectivity index (χ0) is 13.3. The minimum atomic E-state index is -0.0135. The predicted octanol–water partition coefficient (Wildman–Crippen LogP) is 2.75. The quantitative estimate of drug-likeness (QED) is 0.882. The maximum atomic E-state index is 11.7. The first-order chi connectivity index (χ1) is 8.44. The van der Waals surface area contributed by atoms with Crippen molar-refractivity contribution >= 4 is 23.4 Å². The summed E-state index contributed by atoms with van der Waals surface area (Å²) in [5.74, 6) is 0.0845. The number of hydrogen-bond donors (Lipinski definition) is 2. The molecule has 1 atom stereocenters. The standard InChI is InChI=1S/C14H20N2OS/c1-9-13(17)16-11-8-10(4-5-12(11)18-9)14(2,3)6-7-15/h4-5,8-9H,6-7,15H2,1-3H3,(H,16,17). The number of hydrogen-bond acceptors (Lipinski definition) is 3. The van der Waals surface area contributed by atoms with Crippen LogP contribution < -0.4 is 11.1 Å². The molecule has 0 radical (unpaired) electrons. The van der Waals surface area contributed by atoms with Gasteiger partial charge in [-0.3, -0.25) is 4.79 Å². The average Bonchev–Trinajstić information content (AvgIpc) is 2.30. The first-order valence-electron chi connectivity index (χ1n) is 6.26. The molecule has 3 N–H and O–H groups in total. The molecule has 1 aliphatic rings. The Morgan fingerprint density at radius 3 is 2.83 bits per heavy atom. The second-order valence-corrected chi connectivity index (χ2v) is 6.77. The molecule has 2 rings (SSSR count). The van der Waals surface area contributed by atoms with Gasteiger partial charge < -0.3 is 11.1 Å². The van der Waals surface area contributed by atoms with E-state index in [1.165, 1.54) is 5.56 Å². The molecule has 1 amide bonds. The van der Waals surface area contributed by atoms with Crippen LogP contribution in [0.3, 0.4) is 0 Å². The Morgan fingerprint density at radius 2 is 2.17 bits per heavy atom. The van der Waals surface area contributed by atoms with Crippen LogP contribution >= 0.6 is 11.8 Å². The fourth-order valence-corrected chi connectivity index (χ4v) is 3.07. The number of nitrogens with one attached hydrogen (secondary N) is 1. The van der Waals surface area contributed by atoms with Crippen molar-refractivity contribution in [1.29, 1.82) is 0 Å². The Morgan fingerprint density at radius 1 is 1.44 bits per heavy atom. The largest absolute Gasteiger partial charge is 0.330 e. The first kappa shape index (κ1) is 13.4. The number of nitrogens with two attached hydrogens (primary N) is 1. The van der Waals surface area contributed by atoms with Gasteiger partial charge in [-0.15, -0.1) is 11.8 Å². The van der Waals surface area contributed by atoms with Crippen molar-refractivity contribution in [3.63, 3.8) is 0 Å². The third kappa shape index (κ3) is 2.54. The molecule has 0 saturated heterocycles. The third-order valence-electron chi connectivity index (χ3n) is 3.46. The van der Waals surface area contributed by atoms with Crippen LogP contribution in [0.5, 0.6) is 0 Å². The number of fused-ring (bicyclic) bond motifs is 1. The number of carbonyl (C=O) groups is 1. The summed E-state index contributed by atoms with van der Waals surface area (Å²) in [5, 5.41) is 2.96. The molecule has 0 aromatic heterocycles. The van der Waals surface area contributed by atoms with Gasteiger partial charge in [0.1, 0.15) is 0 Å². The van der Waals surface area contributed by atoms with Gasteiger partial charge in [0, 0.05) is 4.90 Å². The molecule has 98 valence electrons. The molecule has 0 aliphatic carbocycles. The van der Waals surface area contributed by atoms with E-state index in [2.05, 4.69) is 37.4 Å². The van der Waals surface area contributed by atoms with Crippen LogP contribution in [0.15, 0.2) is 23.1 Å². The molecular weight excluding hydrogens is 244 g/mol. The molecular formula is C14H20N2OS. The molecule has 1 aliphatic heterocycles. The molecule has 1 heterocycles. The molecule has 18 heavy (non-hydrogen) atoms. The van der Waals surface area contributed by atoms with E-state index in [1.807, 2.05) is 6.92 Å². The van der Waals surface area contributed by atoms with Gasteiger partial charge in [0.2, 0.25) is 5.91 Å². The highest BCUT2D eigenvalue weighted by Gasteiger charge is 2.26. The molecule has 0 saturated carbocycles. The van der Waals surface area contributed by atoms with Crippen molar-refractivity contribution in [2.24, 2.45) is 5.73 Å². The highest BCUT2D eigenvalue weighted by atomic mass is 32.2. The lowest BCUT2D eigenvalue weighted by atomic mass is 9.81. The van der Waals surface area contributed by atoms with Gasteiger partial charge >= 0.3 is 0 Å². The van der Waals surface area contributed by atoms with Crippen molar-refractivity contribution < 1.29 is 4.79 Å². The molecule has 3 nitrogen and oxygen atoms in total. The summed E-state index contributed by atoms with van der Waals surface area (Å²) in [6.45, 7) is 6.96. The first-order valence-corrected chi connectivity index (χ1v) is 7.14. The lowest BCUT2D eigenvalue weighted by Gasteiger charge is -2.28. The van der Waals surface area contributed by atoms with Gasteiger partial charge in [0.15, 0.2) is 0 Å². The van der Waals surface area contributed by atoms with E-state index in [-0.39, 0.29) is 16.6 Å². The summed E-state index contributed by atoms with van der Waals surface area (Å²) in [5.41, 5.74) is 7.86. The topological polar surface area (TPSA) is 55.1 Å². The monoisotopic (exact) mass is 264 g/mol. The van der Waals surface area contributed by atoms with Crippen molar-refractivity contribution in [3.8, 4) is 0 Å². The Kier molecular flexibility index (Phi) is 3.69. The van der Waals surface area contributed by atoms with Gasteiger partial charge in [-0.2, -0.15) is 0 Å². The van der Waals surface area contributed by atoms with E-state index in [1.54, 1.807) is 11.8 Å². The fourth-order valence-electron chi connectivity index (χ4n) is 2.13. The van der Waals surface area contributed by atoms with Crippen LogP contribution in [-0.2, 0) is 10.2 Å². The van der Waals surface area contributed by atoms with Crippen LogP contribution in [0.2, 0.25) is 0 Å². The van der Waals surface area contributed by atoms with Crippen molar-refractivity contribution in [3.05, 3.63) is 23.8 Å². The Hall–Kier alpha value is -1.00. The van der Waals surface area contributed by atoms with Crippen LogP contribution in [-0.4, -0.2) is 17.7 Å². The SMILES string of the molecule is CC1Sc2ccc(C(C)(C)CCN)cc2NC1=O. The van der Waals surface area contributed by atoms with Crippen molar-refractivity contribution in [2.45, 2.75) is 42.8 Å². The second-order valence-electron chi connectivity index (χ2n) is 5.38. The van der Waals surface area contributed by atoms with Gasteiger partial charge in [-0.1, -0.05) is 19.9 Å². The van der Waals surface area contributed by atoms with Gasteiger partial charge in [-0.25, -0.2) is 0 Å². The van der Waals surface area contributed by atoms with E-state index in [0.29, 0.717) is 6.54 Å². The summed E-state index contributed by atoms with van der Waals surface area (Å²) >= 11 is 1.62. The number of rotatable bonds is 3. The smallest absolute Gasteiger partial charge is 0.237 e. The minimum absolute atomic E-state index is 0.0135. The Balaban J connectivity index is 2.33. The lowest BCUT2D eigenvalue weighted by Crippen LogP contribution is -2.27. The molecule has 1 unspecified atom stereocenters. The molecule has 0 spiro atoms. The number of benzene rings is 1. The number of carbonyl (C=O) groups excluding carboxylic acids is 1. The zero-order valence-electron chi connectivity index (χ0n) is 11.1. The van der Waals surface area contributed by atoms with E-state index in [9.17, 15) is 4.79 Å². The maximum Gasteiger partial charge on any atom is 0.237 e. The van der Waals surface area contributed by atoms with Gasteiger partial charge in [0.05, 0.1) is 10.9 Å². The van der Waals surface area contributed by atoms with Gasteiger partial charge in [-0.05, 0) is 43.0 Å². The average molecular weight is 264 g/mol. The van der Waals surface area contributed by atoms with Crippen LogP contribution in [0.1, 0.15) is 32.8 Å².